The SMILES string of the molecule is CCCCCSc1cccc(C(C)N)c1. The van der Waals surface area contributed by atoms with Crippen LogP contribution in [-0.4, -0.2) is 5.75 Å². The summed E-state index contributed by atoms with van der Waals surface area (Å²) in [6.07, 6.45) is 3.93. The second kappa shape index (κ2) is 6.91. The molecule has 0 aliphatic heterocycles. The Bertz CT molecular complexity index is 284. The number of rotatable bonds is 6. The van der Waals surface area contributed by atoms with E-state index in [0.717, 1.165) is 0 Å². The second-order valence-electron chi connectivity index (χ2n) is 3.92. The molecule has 84 valence electrons. The lowest BCUT2D eigenvalue weighted by Crippen LogP contribution is -2.04. The van der Waals surface area contributed by atoms with E-state index in [1.54, 1.807) is 0 Å². The summed E-state index contributed by atoms with van der Waals surface area (Å²) >= 11 is 1.94. The second-order valence-corrected chi connectivity index (χ2v) is 5.09. The van der Waals surface area contributed by atoms with Crippen molar-refractivity contribution in [3.8, 4) is 0 Å². The van der Waals surface area contributed by atoms with Crippen LogP contribution in [0.2, 0.25) is 0 Å². The maximum atomic E-state index is 5.85. The van der Waals surface area contributed by atoms with Gasteiger partial charge in [0.2, 0.25) is 0 Å². The lowest BCUT2D eigenvalue weighted by Gasteiger charge is -2.07. The summed E-state index contributed by atoms with van der Waals surface area (Å²) in [6.45, 7) is 4.27. The van der Waals surface area contributed by atoms with Gasteiger partial charge in [0, 0.05) is 10.9 Å². The van der Waals surface area contributed by atoms with Crippen LogP contribution in [0, 0.1) is 0 Å². The van der Waals surface area contributed by atoms with Gasteiger partial charge in [0.15, 0.2) is 0 Å². The van der Waals surface area contributed by atoms with Crippen LogP contribution in [0.1, 0.15) is 44.7 Å². The zero-order chi connectivity index (χ0) is 11.1. The Morgan fingerprint density at radius 3 is 2.80 bits per heavy atom. The monoisotopic (exact) mass is 223 g/mol. The zero-order valence-corrected chi connectivity index (χ0v) is 10.5. The largest absolute Gasteiger partial charge is 0.324 e. The van der Waals surface area contributed by atoms with E-state index in [-0.39, 0.29) is 6.04 Å². The third-order valence-electron chi connectivity index (χ3n) is 2.40. The molecule has 0 saturated heterocycles. The van der Waals surface area contributed by atoms with Crippen molar-refractivity contribution < 1.29 is 0 Å². The molecule has 1 aromatic carbocycles. The first-order valence-corrected chi connectivity index (χ1v) is 6.71. The van der Waals surface area contributed by atoms with Crippen LogP contribution < -0.4 is 5.73 Å². The number of benzene rings is 1. The number of unbranched alkanes of at least 4 members (excludes halogenated alkanes) is 2. The summed E-state index contributed by atoms with van der Waals surface area (Å²) < 4.78 is 0. The molecule has 2 N–H and O–H groups in total. The lowest BCUT2D eigenvalue weighted by atomic mass is 10.1. The molecule has 2 heteroatoms. The van der Waals surface area contributed by atoms with Gasteiger partial charge in [0.25, 0.3) is 0 Å². The highest BCUT2D eigenvalue weighted by Crippen LogP contribution is 2.22. The maximum Gasteiger partial charge on any atom is 0.0266 e. The molecule has 0 saturated carbocycles. The van der Waals surface area contributed by atoms with Crippen LogP contribution in [0.5, 0.6) is 0 Å². The summed E-state index contributed by atoms with van der Waals surface area (Å²) in [5.74, 6) is 1.22. The first-order valence-electron chi connectivity index (χ1n) is 5.72. The molecule has 1 rings (SSSR count). The molecular formula is C13H21NS. The number of hydrogen-bond acceptors (Lipinski definition) is 2. The molecule has 0 spiro atoms. The fourth-order valence-corrected chi connectivity index (χ4v) is 2.41. The van der Waals surface area contributed by atoms with Crippen molar-refractivity contribution in [2.24, 2.45) is 5.73 Å². The van der Waals surface area contributed by atoms with Gasteiger partial charge in [-0.15, -0.1) is 11.8 Å². The molecule has 1 atom stereocenters. The minimum Gasteiger partial charge on any atom is -0.324 e. The number of hydrogen-bond donors (Lipinski definition) is 1. The smallest absolute Gasteiger partial charge is 0.0266 e. The van der Waals surface area contributed by atoms with Crippen LogP contribution in [-0.2, 0) is 0 Å². The lowest BCUT2D eigenvalue weighted by molar-refractivity contribution is 0.778. The molecular weight excluding hydrogens is 202 g/mol. The van der Waals surface area contributed by atoms with Gasteiger partial charge in [0.1, 0.15) is 0 Å². The van der Waals surface area contributed by atoms with Crippen molar-refractivity contribution in [2.75, 3.05) is 5.75 Å². The van der Waals surface area contributed by atoms with E-state index in [1.165, 1.54) is 35.5 Å². The van der Waals surface area contributed by atoms with E-state index in [4.69, 9.17) is 5.73 Å². The molecule has 0 fully saturated rings. The highest BCUT2D eigenvalue weighted by Gasteiger charge is 2.00. The topological polar surface area (TPSA) is 26.0 Å². The number of thioether (sulfide) groups is 1. The van der Waals surface area contributed by atoms with Crippen molar-refractivity contribution in [1.82, 2.24) is 0 Å². The van der Waals surface area contributed by atoms with Gasteiger partial charge in [0.05, 0.1) is 0 Å². The summed E-state index contributed by atoms with van der Waals surface area (Å²) in [4.78, 5) is 1.35. The summed E-state index contributed by atoms with van der Waals surface area (Å²) in [7, 11) is 0. The molecule has 0 aliphatic carbocycles. The minimum atomic E-state index is 0.140. The first-order chi connectivity index (χ1) is 7.24. The summed E-state index contributed by atoms with van der Waals surface area (Å²) in [6, 6.07) is 8.71. The van der Waals surface area contributed by atoms with Gasteiger partial charge >= 0.3 is 0 Å². The fourth-order valence-electron chi connectivity index (χ4n) is 1.43. The highest BCUT2D eigenvalue weighted by atomic mass is 32.2. The molecule has 1 nitrogen and oxygen atoms in total. The van der Waals surface area contributed by atoms with Crippen LogP contribution >= 0.6 is 11.8 Å². The van der Waals surface area contributed by atoms with E-state index in [1.807, 2.05) is 18.7 Å². The van der Waals surface area contributed by atoms with Gasteiger partial charge < -0.3 is 5.73 Å². The summed E-state index contributed by atoms with van der Waals surface area (Å²) in [5, 5.41) is 0. The van der Waals surface area contributed by atoms with E-state index >= 15 is 0 Å². The molecule has 0 amide bonds. The Morgan fingerprint density at radius 2 is 2.13 bits per heavy atom. The molecule has 0 heterocycles. The molecule has 15 heavy (non-hydrogen) atoms. The quantitative estimate of drug-likeness (QED) is 0.583. The molecule has 0 radical (unpaired) electrons. The van der Waals surface area contributed by atoms with Crippen molar-refractivity contribution in [1.29, 1.82) is 0 Å². The van der Waals surface area contributed by atoms with Crippen molar-refractivity contribution in [3.05, 3.63) is 29.8 Å². The average molecular weight is 223 g/mol. The van der Waals surface area contributed by atoms with Crippen LogP contribution in [0.25, 0.3) is 0 Å². The Morgan fingerprint density at radius 1 is 1.33 bits per heavy atom. The standard InChI is InChI=1S/C13H21NS/c1-3-4-5-9-15-13-8-6-7-12(10-13)11(2)14/h6-8,10-11H,3-5,9,14H2,1-2H3. The third kappa shape index (κ3) is 4.72. The predicted octanol–water partition coefficient (Wildman–Crippen LogP) is 3.99. The van der Waals surface area contributed by atoms with Crippen molar-refractivity contribution >= 4 is 11.8 Å². The zero-order valence-electron chi connectivity index (χ0n) is 9.70. The Hall–Kier alpha value is -0.470. The molecule has 1 unspecified atom stereocenters. The summed E-state index contributed by atoms with van der Waals surface area (Å²) in [5.41, 5.74) is 7.08. The highest BCUT2D eigenvalue weighted by molar-refractivity contribution is 7.99. The Kier molecular flexibility index (Phi) is 5.81. The van der Waals surface area contributed by atoms with Gasteiger partial charge in [-0.05, 0) is 36.8 Å². The van der Waals surface area contributed by atoms with Gasteiger partial charge in [-0.1, -0.05) is 31.9 Å². The van der Waals surface area contributed by atoms with E-state index in [0.29, 0.717) is 0 Å². The fraction of sp³-hybridized carbons (Fsp3) is 0.538. The van der Waals surface area contributed by atoms with Crippen molar-refractivity contribution in [3.63, 3.8) is 0 Å². The first kappa shape index (κ1) is 12.6. The van der Waals surface area contributed by atoms with Crippen LogP contribution in [0.3, 0.4) is 0 Å². The molecule has 0 aliphatic rings. The third-order valence-corrected chi connectivity index (χ3v) is 3.48. The number of nitrogens with two attached hydrogens (primary N) is 1. The van der Waals surface area contributed by atoms with Crippen LogP contribution in [0.4, 0.5) is 0 Å². The van der Waals surface area contributed by atoms with Crippen LogP contribution in [0.15, 0.2) is 29.2 Å². The van der Waals surface area contributed by atoms with E-state index in [9.17, 15) is 0 Å². The van der Waals surface area contributed by atoms with Gasteiger partial charge in [-0.2, -0.15) is 0 Å². The molecule has 0 aromatic heterocycles. The Balaban J connectivity index is 2.43. The molecule has 0 bridgehead atoms. The molecule has 1 aromatic rings. The van der Waals surface area contributed by atoms with E-state index in [2.05, 4.69) is 31.2 Å². The predicted molar refractivity (Wildman–Crippen MR) is 69.3 cm³/mol. The Labute approximate surface area is 97.4 Å². The van der Waals surface area contributed by atoms with Crippen molar-refractivity contribution in [2.45, 2.75) is 44.0 Å². The van der Waals surface area contributed by atoms with E-state index < -0.39 is 0 Å². The normalized spacial score (nSPS) is 12.7. The van der Waals surface area contributed by atoms with Gasteiger partial charge in [-0.3, -0.25) is 0 Å². The van der Waals surface area contributed by atoms with Gasteiger partial charge in [-0.25, -0.2) is 0 Å². The maximum absolute atomic E-state index is 5.85. The minimum absolute atomic E-state index is 0.140. The average Bonchev–Trinajstić information content (AvgIpc) is 2.25.